The summed E-state index contributed by atoms with van der Waals surface area (Å²) in [5.74, 6) is 1.87. The highest BCUT2D eigenvalue weighted by atomic mass is 32.2. The number of aromatic nitrogens is 2. The normalized spacial score (nSPS) is 17.2. The fourth-order valence-electron chi connectivity index (χ4n) is 3.04. The zero-order valence-electron chi connectivity index (χ0n) is 14.6. The van der Waals surface area contributed by atoms with Crippen molar-refractivity contribution < 1.29 is 4.79 Å². The lowest BCUT2D eigenvalue weighted by Crippen LogP contribution is -2.26. The van der Waals surface area contributed by atoms with Gasteiger partial charge in [0, 0.05) is 16.8 Å². The van der Waals surface area contributed by atoms with E-state index in [1.165, 1.54) is 34.0 Å². The average Bonchev–Trinajstić information content (AvgIpc) is 2.90. The zero-order valence-corrected chi connectivity index (χ0v) is 16.2. The van der Waals surface area contributed by atoms with E-state index >= 15 is 0 Å². The van der Waals surface area contributed by atoms with Gasteiger partial charge in [0.25, 0.3) is 0 Å². The summed E-state index contributed by atoms with van der Waals surface area (Å²) < 4.78 is 0. The van der Waals surface area contributed by atoms with Gasteiger partial charge < -0.3 is 5.32 Å². The summed E-state index contributed by atoms with van der Waals surface area (Å²) in [5.41, 5.74) is 1.43. The van der Waals surface area contributed by atoms with Crippen LogP contribution in [0.2, 0.25) is 0 Å². The van der Waals surface area contributed by atoms with Gasteiger partial charge in [-0.25, -0.2) is 9.97 Å². The van der Waals surface area contributed by atoms with E-state index in [1.54, 1.807) is 17.7 Å². The molecule has 1 amide bonds. The van der Waals surface area contributed by atoms with Gasteiger partial charge in [-0.1, -0.05) is 32.5 Å². The standard InChI is InChI=1S/C18H25N3OS2/c1-11(2)6-7-19-15(22)9-23-17-16-13-5-4-12(3)8-14(13)24-18(16)21-10-20-17/h10-12H,4-9H2,1-3H3,(H,19,22)/t12-/m0/s1. The van der Waals surface area contributed by atoms with E-state index in [4.69, 9.17) is 0 Å². The van der Waals surface area contributed by atoms with Gasteiger partial charge in [-0.15, -0.1) is 11.3 Å². The number of carbonyl (C=O) groups is 1. The Bertz CT molecular complexity index is 726. The fraction of sp³-hybridized carbons (Fsp3) is 0.611. The Hall–Kier alpha value is -1.14. The lowest BCUT2D eigenvalue weighted by molar-refractivity contribution is -0.118. The molecule has 0 aromatic carbocycles. The van der Waals surface area contributed by atoms with Crippen LogP contribution in [0.5, 0.6) is 0 Å². The van der Waals surface area contributed by atoms with E-state index < -0.39 is 0 Å². The quantitative estimate of drug-likeness (QED) is 0.621. The second-order valence-corrected chi connectivity index (χ2v) is 9.08. The Kier molecular flexibility index (Phi) is 5.76. The Balaban J connectivity index is 1.70. The minimum absolute atomic E-state index is 0.0881. The van der Waals surface area contributed by atoms with Gasteiger partial charge in [0.2, 0.25) is 5.91 Å². The van der Waals surface area contributed by atoms with E-state index in [0.717, 1.165) is 41.6 Å². The molecule has 0 saturated carbocycles. The predicted molar refractivity (Wildman–Crippen MR) is 102 cm³/mol. The number of hydrogen-bond donors (Lipinski definition) is 1. The summed E-state index contributed by atoms with van der Waals surface area (Å²) in [4.78, 5) is 23.5. The van der Waals surface area contributed by atoms with Crippen molar-refractivity contribution in [2.45, 2.75) is 51.5 Å². The molecule has 0 bridgehead atoms. The number of nitrogens with one attached hydrogen (secondary N) is 1. The molecule has 4 nitrogen and oxygen atoms in total. The molecular weight excluding hydrogens is 338 g/mol. The van der Waals surface area contributed by atoms with Gasteiger partial charge in [-0.05, 0) is 43.1 Å². The zero-order chi connectivity index (χ0) is 17.1. The van der Waals surface area contributed by atoms with Crippen LogP contribution in [0, 0.1) is 11.8 Å². The fourth-order valence-corrected chi connectivity index (χ4v) is 5.31. The van der Waals surface area contributed by atoms with Crippen LogP contribution in [0.1, 0.15) is 44.1 Å². The number of aryl methyl sites for hydroxylation is 1. The van der Waals surface area contributed by atoms with Crippen LogP contribution in [0.4, 0.5) is 0 Å². The molecule has 0 spiro atoms. The third-order valence-electron chi connectivity index (χ3n) is 4.44. The summed E-state index contributed by atoms with van der Waals surface area (Å²) in [6, 6.07) is 0. The summed E-state index contributed by atoms with van der Waals surface area (Å²) in [7, 11) is 0. The van der Waals surface area contributed by atoms with Crippen molar-refractivity contribution in [1.29, 1.82) is 0 Å². The van der Waals surface area contributed by atoms with E-state index in [1.807, 2.05) is 0 Å². The monoisotopic (exact) mass is 363 g/mol. The molecule has 0 unspecified atom stereocenters. The molecule has 1 aliphatic rings. The van der Waals surface area contributed by atoms with E-state index in [9.17, 15) is 4.79 Å². The van der Waals surface area contributed by atoms with Crippen molar-refractivity contribution in [1.82, 2.24) is 15.3 Å². The average molecular weight is 364 g/mol. The van der Waals surface area contributed by atoms with Crippen molar-refractivity contribution in [2.24, 2.45) is 11.8 Å². The number of fused-ring (bicyclic) bond motifs is 3. The first-order chi connectivity index (χ1) is 11.5. The van der Waals surface area contributed by atoms with E-state index in [0.29, 0.717) is 11.7 Å². The summed E-state index contributed by atoms with van der Waals surface area (Å²) in [6.07, 6.45) is 6.14. The van der Waals surface area contributed by atoms with Gasteiger partial charge >= 0.3 is 0 Å². The first kappa shape index (κ1) is 17.7. The minimum atomic E-state index is 0.0881. The Morgan fingerprint density at radius 2 is 2.29 bits per heavy atom. The number of hydrogen-bond acceptors (Lipinski definition) is 5. The van der Waals surface area contributed by atoms with E-state index in [-0.39, 0.29) is 5.91 Å². The number of amides is 1. The summed E-state index contributed by atoms with van der Waals surface area (Å²) >= 11 is 3.34. The molecule has 0 radical (unpaired) electrons. The SMILES string of the molecule is CC(C)CCNC(=O)CSc1ncnc2sc3c(c12)CC[C@H](C)C3. The first-order valence-corrected chi connectivity index (χ1v) is 10.5. The van der Waals surface area contributed by atoms with Gasteiger partial charge in [0.15, 0.2) is 0 Å². The molecule has 130 valence electrons. The third-order valence-corrected chi connectivity index (χ3v) is 6.59. The van der Waals surface area contributed by atoms with Crippen molar-refractivity contribution in [2.75, 3.05) is 12.3 Å². The Labute approximate surface area is 151 Å². The largest absolute Gasteiger partial charge is 0.355 e. The molecular formula is C18H25N3OS2. The molecule has 0 aliphatic heterocycles. The van der Waals surface area contributed by atoms with Crippen LogP contribution in [-0.2, 0) is 17.6 Å². The molecule has 0 fully saturated rings. The van der Waals surface area contributed by atoms with Crippen molar-refractivity contribution in [3.05, 3.63) is 16.8 Å². The number of thioether (sulfide) groups is 1. The maximum Gasteiger partial charge on any atom is 0.230 e. The summed E-state index contributed by atoms with van der Waals surface area (Å²) in [5, 5.41) is 5.16. The van der Waals surface area contributed by atoms with Crippen LogP contribution < -0.4 is 5.32 Å². The van der Waals surface area contributed by atoms with Crippen LogP contribution in [-0.4, -0.2) is 28.2 Å². The maximum atomic E-state index is 12.0. The van der Waals surface area contributed by atoms with Crippen LogP contribution in [0.25, 0.3) is 10.2 Å². The topological polar surface area (TPSA) is 54.9 Å². The van der Waals surface area contributed by atoms with Crippen molar-refractivity contribution in [3.63, 3.8) is 0 Å². The van der Waals surface area contributed by atoms with Crippen LogP contribution in [0.15, 0.2) is 11.4 Å². The smallest absolute Gasteiger partial charge is 0.230 e. The van der Waals surface area contributed by atoms with Crippen molar-refractivity contribution in [3.8, 4) is 0 Å². The second-order valence-electron chi connectivity index (χ2n) is 7.03. The lowest BCUT2D eigenvalue weighted by atomic mass is 9.89. The van der Waals surface area contributed by atoms with Gasteiger partial charge in [-0.2, -0.15) is 0 Å². The van der Waals surface area contributed by atoms with Gasteiger partial charge in [-0.3, -0.25) is 4.79 Å². The van der Waals surface area contributed by atoms with Gasteiger partial charge in [0.1, 0.15) is 16.2 Å². The highest BCUT2D eigenvalue weighted by molar-refractivity contribution is 8.00. The number of carbonyl (C=O) groups excluding carboxylic acids is 1. The second kappa shape index (κ2) is 7.83. The Morgan fingerprint density at radius 3 is 3.08 bits per heavy atom. The maximum absolute atomic E-state index is 12.0. The molecule has 3 rings (SSSR count). The molecule has 2 aromatic heterocycles. The molecule has 2 heterocycles. The minimum Gasteiger partial charge on any atom is -0.355 e. The van der Waals surface area contributed by atoms with Crippen LogP contribution in [0.3, 0.4) is 0 Å². The molecule has 1 atom stereocenters. The molecule has 24 heavy (non-hydrogen) atoms. The first-order valence-electron chi connectivity index (χ1n) is 8.69. The molecule has 1 N–H and O–H groups in total. The molecule has 0 saturated heterocycles. The molecule has 6 heteroatoms. The number of thiophene rings is 1. The molecule has 2 aromatic rings. The number of nitrogens with zero attached hydrogens (tertiary/aromatic N) is 2. The predicted octanol–water partition coefficient (Wildman–Crippen LogP) is 4.07. The summed E-state index contributed by atoms with van der Waals surface area (Å²) in [6.45, 7) is 7.40. The van der Waals surface area contributed by atoms with Gasteiger partial charge in [0.05, 0.1) is 5.75 Å². The Morgan fingerprint density at radius 1 is 1.46 bits per heavy atom. The highest BCUT2D eigenvalue weighted by Gasteiger charge is 2.23. The molecule has 1 aliphatic carbocycles. The van der Waals surface area contributed by atoms with Crippen LogP contribution >= 0.6 is 23.1 Å². The highest BCUT2D eigenvalue weighted by Crippen LogP contribution is 2.40. The van der Waals surface area contributed by atoms with Crippen molar-refractivity contribution >= 4 is 39.2 Å². The van der Waals surface area contributed by atoms with E-state index in [2.05, 4.69) is 36.1 Å². The number of rotatable bonds is 6. The lowest BCUT2D eigenvalue weighted by Gasteiger charge is -2.18. The third kappa shape index (κ3) is 4.09.